The van der Waals surface area contributed by atoms with Gasteiger partial charge in [-0.3, -0.25) is 4.79 Å². The van der Waals surface area contributed by atoms with Crippen LogP contribution in [-0.4, -0.2) is 15.9 Å². The van der Waals surface area contributed by atoms with Crippen LogP contribution in [0.2, 0.25) is 0 Å². The van der Waals surface area contributed by atoms with Gasteiger partial charge in [-0.2, -0.15) is 0 Å². The number of nitrogens with one attached hydrogen (secondary N) is 2. The predicted octanol–water partition coefficient (Wildman–Crippen LogP) is 3.16. The molecule has 0 aliphatic heterocycles. The molecular formula is C14H12BrN3O2. The number of carbonyl (C=O) groups is 1. The number of aryl methyl sites for hydroxylation is 1. The summed E-state index contributed by atoms with van der Waals surface area (Å²) in [5.41, 5.74) is 1.53. The van der Waals surface area contributed by atoms with Crippen molar-refractivity contribution < 1.29 is 9.21 Å². The highest BCUT2D eigenvalue weighted by Gasteiger charge is 2.17. The molecule has 3 aromatic rings. The van der Waals surface area contributed by atoms with Crippen LogP contribution < -0.4 is 5.32 Å². The number of amides is 1. The Morgan fingerprint density at radius 2 is 2.35 bits per heavy atom. The lowest BCUT2D eigenvalue weighted by Crippen LogP contribution is -2.23. The van der Waals surface area contributed by atoms with Gasteiger partial charge in [-0.15, -0.1) is 0 Å². The Hall–Kier alpha value is -2.08. The lowest BCUT2D eigenvalue weighted by molar-refractivity contribution is 0.0923. The summed E-state index contributed by atoms with van der Waals surface area (Å²) in [4.78, 5) is 19.1. The number of rotatable bonds is 3. The highest BCUT2D eigenvalue weighted by atomic mass is 79.9. The van der Waals surface area contributed by atoms with Crippen LogP contribution >= 0.6 is 15.9 Å². The van der Waals surface area contributed by atoms with Gasteiger partial charge in [0.25, 0.3) is 5.91 Å². The summed E-state index contributed by atoms with van der Waals surface area (Å²) in [7, 11) is 0. The molecular weight excluding hydrogens is 322 g/mol. The number of aromatic amines is 1. The van der Waals surface area contributed by atoms with E-state index in [9.17, 15) is 4.79 Å². The fourth-order valence-electron chi connectivity index (χ4n) is 2.05. The first-order valence-corrected chi connectivity index (χ1v) is 6.89. The molecule has 0 aliphatic carbocycles. The third-order valence-electron chi connectivity index (χ3n) is 3.08. The van der Waals surface area contributed by atoms with Crippen LogP contribution in [-0.2, 0) is 6.54 Å². The third kappa shape index (κ3) is 2.34. The zero-order valence-electron chi connectivity index (χ0n) is 10.7. The van der Waals surface area contributed by atoms with Crippen molar-refractivity contribution in [1.29, 1.82) is 0 Å². The molecule has 0 spiro atoms. The molecule has 2 heterocycles. The second-order valence-electron chi connectivity index (χ2n) is 4.42. The second-order valence-corrected chi connectivity index (χ2v) is 5.33. The molecule has 2 aromatic heterocycles. The number of H-pyrrole nitrogens is 1. The number of benzene rings is 1. The topological polar surface area (TPSA) is 70.9 Å². The zero-order valence-corrected chi connectivity index (χ0v) is 12.3. The first kappa shape index (κ1) is 12.9. The lowest BCUT2D eigenvalue weighted by atomic mass is 10.1. The van der Waals surface area contributed by atoms with E-state index in [0.717, 1.165) is 15.4 Å². The van der Waals surface area contributed by atoms with Crippen LogP contribution in [0.3, 0.4) is 0 Å². The molecule has 0 saturated heterocycles. The number of carbonyl (C=O) groups excluding carboxylic acids is 1. The van der Waals surface area contributed by atoms with E-state index >= 15 is 0 Å². The minimum Gasteiger partial charge on any atom is -0.451 e. The average molecular weight is 334 g/mol. The van der Waals surface area contributed by atoms with E-state index in [1.807, 2.05) is 25.1 Å². The molecule has 2 N–H and O–H groups in total. The molecule has 0 saturated carbocycles. The Bertz CT molecular complexity index is 762. The minimum absolute atomic E-state index is 0.244. The van der Waals surface area contributed by atoms with E-state index in [4.69, 9.17) is 4.42 Å². The van der Waals surface area contributed by atoms with Crippen LogP contribution in [0.5, 0.6) is 0 Å². The van der Waals surface area contributed by atoms with Crippen LogP contribution in [0.1, 0.15) is 21.9 Å². The maximum absolute atomic E-state index is 12.2. The van der Waals surface area contributed by atoms with Gasteiger partial charge >= 0.3 is 0 Å². The standard InChI is InChI=1S/C14H12BrN3O2/c1-8-10-6-9(15)2-3-11(10)20-13(8)14(19)18-7-12-16-4-5-17-12/h2-6H,7H2,1H3,(H,16,17)(H,18,19). The van der Waals surface area contributed by atoms with Crippen molar-refractivity contribution in [3.63, 3.8) is 0 Å². The maximum Gasteiger partial charge on any atom is 0.287 e. The Balaban J connectivity index is 1.86. The summed E-state index contributed by atoms with van der Waals surface area (Å²) in [5.74, 6) is 0.797. The first-order chi connectivity index (χ1) is 9.65. The van der Waals surface area contributed by atoms with Crippen LogP contribution in [0.15, 0.2) is 39.5 Å². The van der Waals surface area contributed by atoms with Gasteiger partial charge in [-0.25, -0.2) is 4.98 Å². The number of furan rings is 1. The van der Waals surface area contributed by atoms with Crippen LogP contribution in [0.25, 0.3) is 11.0 Å². The summed E-state index contributed by atoms with van der Waals surface area (Å²) in [5, 5.41) is 3.71. The highest BCUT2D eigenvalue weighted by molar-refractivity contribution is 9.10. The summed E-state index contributed by atoms with van der Waals surface area (Å²) in [6, 6.07) is 5.67. The largest absolute Gasteiger partial charge is 0.451 e. The molecule has 0 aliphatic rings. The number of fused-ring (bicyclic) bond motifs is 1. The van der Waals surface area contributed by atoms with Crippen molar-refractivity contribution in [3.05, 3.63) is 52.2 Å². The Labute approximate surface area is 123 Å². The smallest absolute Gasteiger partial charge is 0.287 e. The van der Waals surface area contributed by atoms with E-state index in [0.29, 0.717) is 23.7 Å². The quantitative estimate of drug-likeness (QED) is 0.773. The van der Waals surface area contributed by atoms with Crippen molar-refractivity contribution in [3.8, 4) is 0 Å². The second kappa shape index (κ2) is 5.13. The van der Waals surface area contributed by atoms with E-state index in [1.165, 1.54) is 0 Å². The first-order valence-electron chi connectivity index (χ1n) is 6.10. The van der Waals surface area contributed by atoms with E-state index in [2.05, 4.69) is 31.2 Å². The number of imidazole rings is 1. The van der Waals surface area contributed by atoms with Crippen molar-refractivity contribution in [2.24, 2.45) is 0 Å². The van der Waals surface area contributed by atoms with Crippen molar-refractivity contribution >= 4 is 32.8 Å². The number of hydrogen-bond donors (Lipinski definition) is 2. The lowest BCUT2D eigenvalue weighted by Gasteiger charge is -2.01. The van der Waals surface area contributed by atoms with Gasteiger partial charge in [0, 0.05) is 27.8 Å². The van der Waals surface area contributed by atoms with E-state index in [1.54, 1.807) is 12.4 Å². The molecule has 6 heteroatoms. The van der Waals surface area contributed by atoms with Gasteiger partial charge in [0.15, 0.2) is 5.76 Å². The molecule has 3 rings (SSSR count). The van der Waals surface area contributed by atoms with Gasteiger partial charge in [0.2, 0.25) is 0 Å². The van der Waals surface area contributed by atoms with E-state index < -0.39 is 0 Å². The molecule has 20 heavy (non-hydrogen) atoms. The molecule has 0 radical (unpaired) electrons. The van der Waals surface area contributed by atoms with Gasteiger partial charge in [0.05, 0.1) is 6.54 Å². The monoisotopic (exact) mass is 333 g/mol. The molecule has 0 atom stereocenters. The molecule has 1 amide bonds. The summed E-state index contributed by atoms with van der Waals surface area (Å²) in [6.07, 6.45) is 3.36. The molecule has 1 aromatic carbocycles. The molecule has 0 bridgehead atoms. The molecule has 0 unspecified atom stereocenters. The Kier molecular flexibility index (Phi) is 3.31. The summed E-state index contributed by atoms with van der Waals surface area (Å²) < 4.78 is 6.58. The average Bonchev–Trinajstić information content (AvgIpc) is 3.05. The predicted molar refractivity (Wildman–Crippen MR) is 78.4 cm³/mol. The van der Waals surface area contributed by atoms with Gasteiger partial charge < -0.3 is 14.7 Å². The summed E-state index contributed by atoms with van der Waals surface area (Å²) >= 11 is 3.42. The maximum atomic E-state index is 12.2. The van der Waals surface area contributed by atoms with Crippen LogP contribution in [0, 0.1) is 6.92 Å². The fourth-order valence-corrected chi connectivity index (χ4v) is 2.41. The SMILES string of the molecule is Cc1c(C(=O)NCc2ncc[nH]2)oc2ccc(Br)cc12. The third-order valence-corrected chi connectivity index (χ3v) is 3.57. The zero-order chi connectivity index (χ0) is 14.1. The normalized spacial score (nSPS) is 10.9. The molecule has 102 valence electrons. The Morgan fingerprint density at radius 1 is 1.50 bits per heavy atom. The van der Waals surface area contributed by atoms with Gasteiger partial charge in [-0.1, -0.05) is 15.9 Å². The number of halogens is 1. The van der Waals surface area contributed by atoms with Gasteiger partial charge in [0.1, 0.15) is 11.4 Å². The van der Waals surface area contributed by atoms with Crippen molar-refractivity contribution in [2.75, 3.05) is 0 Å². The fraction of sp³-hybridized carbons (Fsp3) is 0.143. The van der Waals surface area contributed by atoms with Gasteiger partial charge in [-0.05, 0) is 25.1 Å². The number of nitrogens with zero attached hydrogens (tertiary/aromatic N) is 1. The minimum atomic E-state index is -0.244. The van der Waals surface area contributed by atoms with Crippen molar-refractivity contribution in [2.45, 2.75) is 13.5 Å². The van der Waals surface area contributed by atoms with Crippen LogP contribution in [0.4, 0.5) is 0 Å². The molecule has 5 nitrogen and oxygen atoms in total. The van der Waals surface area contributed by atoms with Crippen molar-refractivity contribution in [1.82, 2.24) is 15.3 Å². The summed E-state index contributed by atoms with van der Waals surface area (Å²) in [6.45, 7) is 2.21. The number of hydrogen-bond acceptors (Lipinski definition) is 3. The highest BCUT2D eigenvalue weighted by Crippen LogP contribution is 2.27. The van der Waals surface area contributed by atoms with E-state index in [-0.39, 0.29) is 5.91 Å². The Morgan fingerprint density at radius 3 is 3.10 bits per heavy atom. The molecule has 0 fully saturated rings. The number of aromatic nitrogens is 2.